The molecule has 1 amide bonds. The second-order valence-electron chi connectivity index (χ2n) is 8.01. The molecule has 0 saturated carbocycles. The lowest BCUT2D eigenvalue weighted by Crippen LogP contribution is -2.45. The van der Waals surface area contributed by atoms with Crippen molar-refractivity contribution in [1.29, 1.82) is 0 Å². The van der Waals surface area contributed by atoms with Crippen LogP contribution < -0.4 is 10.6 Å². The van der Waals surface area contributed by atoms with Crippen LogP contribution in [0.15, 0.2) is 24.3 Å². The first kappa shape index (κ1) is 19.3. The number of halogens is 1. The Hall–Kier alpha value is -1.46. The predicted molar refractivity (Wildman–Crippen MR) is 102 cm³/mol. The summed E-state index contributed by atoms with van der Waals surface area (Å²) in [6.07, 6.45) is 5.02. The fourth-order valence-corrected chi connectivity index (χ4v) is 4.24. The Balaban J connectivity index is 1.36. The van der Waals surface area contributed by atoms with E-state index in [1.165, 1.54) is 25.0 Å². The molecule has 3 rings (SSSR count). The van der Waals surface area contributed by atoms with Crippen LogP contribution in [-0.4, -0.2) is 43.0 Å². The summed E-state index contributed by atoms with van der Waals surface area (Å²) in [6, 6.07) is 7.04. The van der Waals surface area contributed by atoms with Gasteiger partial charge in [0, 0.05) is 32.1 Å². The Morgan fingerprint density at radius 3 is 2.50 bits per heavy atom. The number of nitrogens with one attached hydrogen (secondary N) is 2. The summed E-state index contributed by atoms with van der Waals surface area (Å²) in [6.45, 7) is 7.21. The molecule has 2 N–H and O–H groups in total. The highest BCUT2D eigenvalue weighted by Crippen LogP contribution is 2.24. The fraction of sp³-hybridized carbons (Fsp3) is 0.667. The number of benzene rings is 1. The highest BCUT2D eigenvalue weighted by molar-refractivity contribution is 5.76. The number of piperidine rings is 2. The van der Waals surface area contributed by atoms with Gasteiger partial charge >= 0.3 is 0 Å². The first-order valence-corrected chi connectivity index (χ1v) is 10.1. The number of rotatable bonds is 6. The van der Waals surface area contributed by atoms with Gasteiger partial charge in [-0.15, -0.1) is 0 Å². The highest BCUT2D eigenvalue weighted by atomic mass is 19.1. The van der Waals surface area contributed by atoms with Crippen LogP contribution in [0.4, 0.5) is 4.39 Å². The zero-order chi connectivity index (χ0) is 18.4. The minimum absolute atomic E-state index is 0.186. The van der Waals surface area contributed by atoms with Gasteiger partial charge in [0.25, 0.3) is 0 Å². The molecule has 0 spiro atoms. The molecule has 1 aromatic rings. The molecule has 2 fully saturated rings. The highest BCUT2D eigenvalue weighted by Gasteiger charge is 2.24. The number of hydrogen-bond acceptors (Lipinski definition) is 3. The van der Waals surface area contributed by atoms with Crippen molar-refractivity contribution in [2.75, 3.05) is 26.2 Å². The van der Waals surface area contributed by atoms with Crippen LogP contribution in [0.5, 0.6) is 0 Å². The molecule has 4 nitrogen and oxygen atoms in total. The van der Waals surface area contributed by atoms with Gasteiger partial charge in [0.15, 0.2) is 0 Å². The van der Waals surface area contributed by atoms with Crippen molar-refractivity contribution in [1.82, 2.24) is 15.5 Å². The Morgan fingerprint density at radius 2 is 1.85 bits per heavy atom. The van der Waals surface area contributed by atoms with Gasteiger partial charge in [0.1, 0.15) is 5.82 Å². The number of nitrogens with zero attached hydrogens (tertiary/aromatic N) is 1. The maximum absolute atomic E-state index is 13.0. The van der Waals surface area contributed by atoms with E-state index in [0.717, 1.165) is 51.1 Å². The molecule has 0 bridgehead atoms. The smallest absolute Gasteiger partial charge is 0.220 e. The topological polar surface area (TPSA) is 44.4 Å². The maximum Gasteiger partial charge on any atom is 0.220 e. The van der Waals surface area contributed by atoms with E-state index in [9.17, 15) is 9.18 Å². The molecule has 0 aromatic heterocycles. The van der Waals surface area contributed by atoms with Crippen molar-refractivity contribution in [2.45, 2.75) is 51.6 Å². The number of amides is 1. The number of carbonyl (C=O) groups is 1. The van der Waals surface area contributed by atoms with Crippen molar-refractivity contribution in [2.24, 2.45) is 11.8 Å². The van der Waals surface area contributed by atoms with Gasteiger partial charge in [0.05, 0.1) is 0 Å². The third-order valence-electron chi connectivity index (χ3n) is 5.97. The number of likely N-dealkylation sites (tertiary alicyclic amines) is 1. The normalized spacial score (nSPS) is 21.5. The van der Waals surface area contributed by atoms with E-state index in [2.05, 4.69) is 22.5 Å². The monoisotopic (exact) mass is 361 g/mol. The van der Waals surface area contributed by atoms with Crippen molar-refractivity contribution in [3.63, 3.8) is 0 Å². The first-order valence-electron chi connectivity index (χ1n) is 10.1. The molecule has 1 atom stereocenters. The van der Waals surface area contributed by atoms with Crippen molar-refractivity contribution >= 4 is 5.91 Å². The van der Waals surface area contributed by atoms with Gasteiger partial charge in [0.2, 0.25) is 5.91 Å². The third kappa shape index (κ3) is 5.78. The van der Waals surface area contributed by atoms with Crippen LogP contribution in [0.3, 0.4) is 0 Å². The number of hydrogen-bond donors (Lipinski definition) is 2. The lowest BCUT2D eigenvalue weighted by atomic mass is 9.84. The summed E-state index contributed by atoms with van der Waals surface area (Å²) in [7, 11) is 0. The summed E-state index contributed by atoms with van der Waals surface area (Å²) in [5.74, 6) is 1.18. The molecule has 2 aliphatic heterocycles. The van der Waals surface area contributed by atoms with Gasteiger partial charge in [-0.25, -0.2) is 4.39 Å². The van der Waals surface area contributed by atoms with E-state index in [1.54, 1.807) is 0 Å². The van der Waals surface area contributed by atoms with Gasteiger partial charge in [-0.1, -0.05) is 19.1 Å². The molecule has 2 aliphatic rings. The van der Waals surface area contributed by atoms with E-state index in [1.807, 2.05) is 12.1 Å². The quantitative estimate of drug-likeness (QED) is 0.819. The first-order chi connectivity index (χ1) is 12.6. The minimum atomic E-state index is -0.186. The average molecular weight is 362 g/mol. The van der Waals surface area contributed by atoms with Crippen molar-refractivity contribution in [3.8, 4) is 0 Å². The SMILES string of the molecule is CC(CC(=O)NC1CCN(Cc2ccc(F)cc2)CC1)C1CCNCC1. The summed E-state index contributed by atoms with van der Waals surface area (Å²) in [4.78, 5) is 14.8. The molecule has 2 heterocycles. The van der Waals surface area contributed by atoms with E-state index in [4.69, 9.17) is 0 Å². The fourth-order valence-electron chi connectivity index (χ4n) is 4.24. The summed E-state index contributed by atoms with van der Waals surface area (Å²) < 4.78 is 13.0. The molecular weight excluding hydrogens is 329 g/mol. The summed E-state index contributed by atoms with van der Waals surface area (Å²) in [5.41, 5.74) is 1.14. The third-order valence-corrected chi connectivity index (χ3v) is 5.97. The predicted octanol–water partition coefficient (Wildman–Crippen LogP) is 2.93. The number of carbonyl (C=O) groups excluding carboxylic acids is 1. The lowest BCUT2D eigenvalue weighted by Gasteiger charge is -2.33. The Kier molecular flexibility index (Phi) is 7.03. The van der Waals surface area contributed by atoms with Crippen LogP contribution in [0.25, 0.3) is 0 Å². The maximum atomic E-state index is 13.0. The van der Waals surface area contributed by atoms with E-state index in [-0.39, 0.29) is 11.7 Å². The summed E-state index contributed by atoms with van der Waals surface area (Å²) >= 11 is 0. The summed E-state index contributed by atoms with van der Waals surface area (Å²) in [5, 5.41) is 6.64. The van der Waals surface area contributed by atoms with Crippen LogP contribution >= 0.6 is 0 Å². The molecule has 5 heteroatoms. The standard InChI is InChI=1S/C21H32FN3O/c1-16(18-6-10-23-11-7-18)14-21(26)24-20-8-12-25(13-9-20)15-17-2-4-19(22)5-3-17/h2-5,16,18,20,23H,6-15H2,1H3,(H,24,26). The molecule has 1 unspecified atom stereocenters. The van der Waals surface area contributed by atoms with Crippen LogP contribution in [0.2, 0.25) is 0 Å². The minimum Gasteiger partial charge on any atom is -0.353 e. The van der Waals surface area contributed by atoms with Crippen molar-refractivity contribution < 1.29 is 9.18 Å². The molecule has 2 saturated heterocycles. The lowest BCUT2D eigenvalue weighted by molar-refractivity contribution is -0.123. The van der Waals surface area contributed by atoms with Gasteiger partial charge in [-0.2, -0.15) is 0 Å². The molecule has 0 radical (unpaired) electrons. The van der Waals surface area contributed by atoms with E-state index >= 15 is 0 Å². The molecular formula is C21H32FN3O. The van der Waals surface area contributed by atoms with Crippen LogP contribution in [0.1, 0.15) is 44.6 Å². The van der Waals surface area contributed by atoms with Crippen molar-refractivity contribution in [3.05, 3.63) is 35.6 Å². The second kappa shape index (κ2) is 9.47. The van der Waals surface area contributed by atoms with E-state index in [0.29, 0.717) is 24.3 Å². The molecule has 144 valence electrons. The zero-order valence-corrected chi connectivity index (χ0v) is 15.8. The van der Waals surface area contributed by atoms with Gasteiger partial charge < -0.3 is 10.6 Å². The second-order valence-corrected chi connectivity index (χ2v) is 8.01. The molecule has 0 aliphatic carbocycles. The van der Waals surface area contributed by atoms with Gasteiger partial charge in [-0.05, 0) is 68.3 Å². The van der Waals surface area contributed by atoms with Gasteiger partial charge in [-0.3, -0.25) is 9.69 Å². The molecule has 1 aromatic carbocycles. The Morgan fingerprint density at radius 1 is 1.19 bits per heavy atom. The molecule has 26 heavy (non-hydrogen) atoms. The van der Waals surface area contributed by atoms with E-state index < -0.39 is 0 Å². The zero-order valence-electron chi connectivity index (χ0n) is 15.8. The average Bonchev–Trinajstić information content (AvgIpc) is 2.66. The Labute approximate surface area is 156 Å². The largest absolute Gasteiger partial charge is 0.353 e. The van der Waals surface area contributed by atoms with Crippen LogP contribution in [0, 0.1) is 17.7 Å². The Bertz CT molecular complexity index is 563. The van der Waals surface area contributed by atoms with Crippen LogP contribution in [-0.2, 0) is 11.3 Å².